The van der Waals surface area contributed by atoms with Gasteiger partial charge in [0.05, 0.1) is 17.7 Å². The van der Waals surface area contributed by atoms with Crippen molar-refractivity contribution in [3.8, 4) is 0 Å². The van der Waals surface area contributed by atoms with E-state index in [1.165, 1.54) is 17.5 Å². The summed E-state index contributed by atoms with van der Waals surface area (Å²) in [5.41, 5.74) is 2.58. The highest BCUT2D eigenvalue weighted by molar-refractivity contribution is 7.92. The first kappa shape index (κ1) is 20.4. The van der Waals surface area contributed by atoms with Crippen LogP contribution in [0.15, 0.2) is 71.7 Å². The molecule has 1 aliphatic heterocycles. The van der Waals surface area contributed by atoms with Crippen LogP contribution in [0.2, 0.25) is 0 Å². The van der Waals surface area contributed by atoms with Crippen molar-refractivity contribution in [2.75, 3.05) is 18.0 Å². The molecule has 2 aromatic rings. The number of carbonyl (C=O) groups excluding carboxylic acids is 1. The maximum absolute atomic E-state index is 13.7. The second-order valence-electron chi connectivity index (χ2n) is 7.87. The number of hydrogen-bond donors (Lipinski definition) is 0. The largest absolute Gasteiger partial charge is 0.466 e. The minimum absolute atomic E-state index is 0.250. The number of allylic oxidation sites excluding steroid dienone is 1. The molecule has 0 saturated carbocycles. The number of aryl methyl sites for hydroxylation is 1. The van der Waals surface area contributed by atoms with Gasteiger partial charge in [-0.15, -0.1) is 0 Å². The van der Waals surface area contributed by atoms with Crippen LogP contribution in [0.5, 0.6) is 0 Å². The van der Waals surface area contributed by atoms with Crippen molar-refractivity contribution < 1.29 is 17.9 Å². The minimum atomic E-state index is -3.77. The lowest BCUT2D eigenvalue weighted by atomic mass is 9.68. The van der Waals surface area contributed by atoms with Gasteiger partial charge in [-0.2, -0.15) is 0 Å². The normalized spacial score (nSPS) is 22.2. The van der Waals surface area contributed by atoms with Gasteiger partial charge in [0.2, 0.25) is 0 Å². The Labute approximate surface area is 177 Å². The van der Waals surface area contributed by atoms with Crippen molar-refractivity contribution in [3.63, 3.8) is 0 Å². The summed E-state index contributed by atoms with van der Waals surface area (Å²) in [4.78, 5) is 12.5. The molecule has 6 heteroatoms. The monoisotopic (exact) mass is 423 g/mol. The third kappa shape index (κ3) is 3.45. The Morgan fingerprint density at radius 1 is 1.13 bits per heavy atom. The molecule has 0 bridgehead atoms. The quantitative estimate of drug-likeness (QED) is 0.415. The van der Waals surface area contributed by atoms with Gasteiger partial charge in [0, 0.05) is 23.6 Å². The van der Waals surface area contributed by atoms with Crippen molar-refractivity contribution in [1.29, 1.82) is 0 Å². The standard InChI is InChI=1S/C24H25NO4S/c1-18-10-12-19(13-11-18)30(27,28)25-17-24(14-6-3-7-15-24)21(16-23(26)29-2)20-8-4-5-9-22(20)25/h4-6,8-14,16H,3,7,15,17H2,1-2H3/b21-16+/t24-/m1/s1. The average molecular weight is 424 g/mol. The first-order valence-electron chi connectivity index (χ1n) is 10.0. The molecule has 0 radical (unpaired) electrons. The summed E-state index contributed by atoms with van der Waals surface area (Å²) in [5, 5.41) is 0. The van der Waals surface area contributed by atoms with E-state index in [0.29, 0.717) is 5.69 Å². The van der Waals surface area contributed by atoms with Gasteiger partial charge in [-0.1, -0.05) is 48.0 Å². The van der Waals surface area contributed by atoms with Gasteiger partial charge in [0.25, 0.3) is 10.0 Å². The van der Waals surface area contributed by atoms with Crippen molar-refractivity contribution in [3.05, 3.63) is 77.9 Å². The molecule has 1 atom stereocenters. The number of nitrogens with zero attached hydrogens (tertiary/aromatic N) is 1. The number of para-hydroxylation sites is 1. The van der Waals surface area contributed by atoms with Crippen molar-refractivity contribution in [2.24, 2.45) is 5.41 Å². The summed E-state index contributed by atoms with van der Waals surface area (Å²) < 4.78 is 33.7. The first-order valence-corrected chi connectivity index (χ1v) is 11.5. The molecule has 4 rings (SSSR count). The molecule has 156 valence electrons. The molecule has 0 N–H and O–H groups in total. The topological polar surface area (TPSA) is 63.7 Å². The summed E-state index contributed by atoms with van der Waals surface area (Å²) in [6, 6.07) is 14.3. The van der Waals surface area contributed by atoms with Crippen LogP contribution in [-0.4, -0.2) is 28.0 Å². The molecule has 0 saturated heterocycles. The smallest absolute Gasteiger partial charge is 0.330 e. The van der Waals surface area contributed by atoms with Gasteiger partial charge in [-0.3, -0.25) is 4.31 Å². The second kappa shape index (κ2) is 7.76. The Morgan fingerprint density at radius 3 is 2.53 bits per heavy atom. The van der Waals surface area contributed by atoms with Crippen LogP contribution in [0.25, 0.3) is 5.57 Å². The number of anilines is 1. The van der Waals surface area contributed by atoms with E-state index < -0.39 is 21.4 Å². The fourth-order valence-corrected chi connectivity index (χ4v) is 5.90. The fraction of sp³-hybridized carbons (Fsp3) is 0.292. The van der Waals surface area contributed by atoms with Crippen LogP contribution in [0.1, 0.15) is 30.4 Å². The minimum Gasteiger partial charge on any atom is -0.466 e. The van der Waals surface area contributed by atoms with E-state index in [1.54, 1.807) is 18.2 Å². The summed E-state index contributed by atoms with van der Waals surface area (Å²) in [5.74, 6) is -0.437. The molecule has 1 aliphatic carbocycles. The van der Waals surface area contributed by atoms with Crippen LogP contribution in [0, 0.1) is 12.3 Å². The van der Waals surface area contributed by atoms with E-state index in [9.17, 15) is 13.2 Å². The number of esters is 1. The Balaban J connectivity index is 1.93. The lowest BCUT2D eigenvalue weighted by Crippen LogP contribution is -2.45. The maximum atomic E-state index is 13.7. The van der Waals surface area contributed by atoms with E-state index in [0.717, 1.165) is 36.0 Å². The van der Waals surface area contributed by atoms with E-state index in [2.05, 4.69) is 12.2 Å². The lowest BCUT2D eigenvalue weighted by molar-refractivity contribution is -0.134. The predicted octanol–water partition coefficient (Wildman–Crippen LogP) is 4.49. The zero-order valence-corrected chi connectivity index (χ0v) is 18.0. The van der Waals surface area contributed by atoms with E-state index in [1.807, 2.05) is 37.3 Å². The number of carbonyl (C=O) groups is 1. The van der Waals surface area contributed by atoms with Gasteiger partial charge in [0.1, 0.15) is 0 Å². The number of fused-ring (bicyclic) bond motifs is 1. The lowest BCUT2D eigenvalue weighted by Gasteiger charge is -2.45. The molecule has 0 unspecified atom stereocenters. The third-order valence-corrected chi connectivity index (χ3v) is 7.70. The first-order chi connectivity index (χ1) is 14.4. The molecule has 0 aromatic heterocycles. The van der Waals surface area contributed by atoms with E-state index in [-0.39, 0.29) is 11.4 Å². The van der Waals surface area contributed by atoms with Crippen LogP contribution >= 0.6 is 0 Å². The Hall–Kier alpha value is -2.86. The third-order valence-electron chi connectivity index (χ3n) is 5.93. The summed E-state index contributed by atoms with van der Waals surface area (Å²) in [6.45, 7) is 2.18. The van der Waals surface area contributed by atoms with E-state index >= 15 is 0 Å². The zero-order chi connectivity index (χ0) is 21.4. The molecule has 2 aliphatic rings. The van der Waals surface area contributed by atoms with Gasteiger partial charge in [0.15, 0.2) is 0 Å². The maximum Gasteiger partial charge on any atom is 0.330 e. The van der Waals surface area contributed by atoms with Crippen LogP contribution < -0.4 is 4.31 Å². The average Bonchev–Trinajstić information content (AvgIpc) is 2.76. The number of benzene rings is 2. The molecule has 2 aromatic carbocycles. The molecule has 1 heterocycles. The van der Waals surface area contributed by atoms with Crippen LogP contribution in [0.4, 0.5) is 5.69 Å². The summed E-state index contributed by atoms with van der Waals surface area (Å²) >= 11 is 0. The molecule has 5 nitrogen and oxygen atoms in total. The van der Waals surface area contributed by atoms with Crippen LogP contribution in [-0.2, 0) is 19.6 Å². The van der Waals surface area contributed by atoms with Gasteiger partial charge < -0.3 is 4.74 Å². The molecular weight excluding hydrogens is 398 g/mol. The highest BCUT2D eigenvalue weighted by Crippen LogP contribution is 2.51. The van der Waals surface area contributed by atoms with Gasteiger partial charge in [-0.25, -0.2) is 13.2 Å². The summed E-state index contributed by atoms with van der Waals surface area (Å²) in [7, 11) is -2.42. The number of sulfonamides is 1. The van der Waals surface area contributed by atoms with Crippen molar-refractivity contribution in [1.82, 2.24) is 0 Å². The number of rotatable bonds is 3. The van der Waals surface area contributed by atoms with Crippen LogP contribution in [0.3, 0.4) is 0 Å². The van der Waals surface area contributed by atoms with Crippen molar-refractivity contribution in [2.45, 2.75) is 31.1 Å². The highest BCUT2D eigenvalue weighted by atomic mass is 32.2. The zero-order valence-electron chi connectivity index (χ0n) is 17.2. The number of methoxy groups -OCH3 is 1. The number of ether oxygens (including phenoxy) is 1. The molecule has 0 fully saturated rings. The fourth-order valence-electron chi connectivity index (χ4n) is 4.35. The Kier molecular flexibility index (Phi) is 5.28. The Bertz CT molecular complexity index is 1130. The molecule has 1 spiro atoms. The van der Waals surface area contributed by atoms with Gasteiger partial charge in [-0.05, 0) is 50.0 Å². The predicted molar refractivity (Wildman–Crippen MR) is 118 cm³/mol. The molecular formula is C24H25NO4S. The van der Waals surface area contributed by atoms with Gasteiger partial charge >= 0.3 is 5.97 Å². The Morgan fingerprint density at radius 2 is 1.87 bits per heavy atom. The van der Waals surface area contributed by atoms with E-state index in [4.69, 9.17) is 4.74 Å². The second-order valence-corrected chi connectivity index (χ2v) is 9.74. The number of hydrogen-bond acceptors (Lipinski definition) is 4. The highest BCUT2D eigenvalue weighted by Gasteiger charge is 2.45. The molecule has 0 amide bonds. The van der Waals surface area contributed by atoms with Crippen molar-refractivity contribution >= 4 is 27.3 Å². The molecule has 30 heavy (non-hydrogen) atoms. The summed E-state index contributed by atoms with van der Waals surface area (Å²) in [6.07, 6.45) is 8.30. The SMILES string of the molecule is COC(=O)/C=C1\c2ccccc2N(S(=O)(=O)c2ccc(C)cc2)C[C@]12C=CCCC2.